The van der Waals surface area contributed by atoms with Crippen LogP contribution in [-0.2, 0) is 4.74 Å². The van der Waals surface area contributed by atoms with Crippen LogP contribution < -0.4 is 10.5 Å². The number of rotatable bonds is 3. The van der Waals surface area contributed by atoms with Crippen LogP contribution in [0.15, 0.2) is 23.1 Å². The molecule has 1 fully saturated rings. The Hall–Kier alpha value is -0.870. The number of anilines is 1. The molecule has 0 atom stereocenters. The lowest BCUT2D eigenvalue weighted by Gasteiger charge is -2.25. The van der Waals surface area contributed by atoms with E-state index in [0.717, 1.165) is 29.5 Å². The summed E-state index contributed by atoms with van der Waals surface area (Å²) in [7, 11) is 1.66. The predicted molar refractivity (Wildman–Crippen MR) is 57.9 cm³/mol. The van der Waals surface area contributed by atoms with E-state index in [1.165, 1.54) is 0 Å². The quantitative estimate of drug-likeness (QED) is 0.774. The monoisotopic (exact) mass is 211 g/mol. The van der Waals surface area contributed by atoms with E-state index >= 15 is 0 Å². The number of hydrogen-bond acceptors (Lipinski definition) is 4. The third-order valence-corrected chi connectivity index (χ3v) is 3.33. The molecule has 76 valence electrons. The minimum atomic E-state index is 0.546. The average Bonchev–Trinajstić information content (AvgIpc) is 2.14. The summed E-state index contributed by atoms with van der Waals surface area (Å²) < 4.78 is 10.3. The van der Waals surface area contributed by atoms with Crippen LogP contribution in [0.1, 0.15) is 0 Å². The first-order chi connectivity index (χ1) is 6.79. The summed E-state index contributed by atoms with van der Waals surface area (Å²) in [4.78, 5) is 1.08. The van der Waals surface area contributed by atoms with Crippen molar-refractivity contribution in [2.24, 2.45) is 0 Å². The maximum Gasteiger partial charge on any atom is 0.120 e. The molecule has 3 nitrogen and oxygen atoms in total. The Morgan fingerprint density at radius 3 is 2.86 bits per heavy atom. The molecular weight excluding hydrogens is 198 g/mol. The van der Waals surface area contributed by atoms with Crippen LogP contribution in [0.4, 0.5) is 5.69 Å². The van der Waals surface area contributed by atoms with Gasteiger partial charge in [0.15, 0.2) is 0 Å². The Morgan fingerprint density at radius 1 is 1.50 bits per heavy atom. The second-order valence-corrected chi connectivity index (χ2v) is 4.52. The van der Waals surface area contributed by atoms with Crippen LogP contribution in [0.2, 0.25) is 0 Å². The number of nitrogen functional groups attached to an aromatic ring is 1. The molecule has 0 radical (unpaired) electrons. The molecule has 1 aliphatic heterocycles. The molecule has 1 aliphatic rings. The average molecular weight is 211 g/mol. The highest BCUT2D eigenvalue weighted by atomic mass is 32.2. The second kappa shape index (κ2) is 4.11. The van der Waals surface area contributed by atoms with Crippen molar-refractivity contribution in [3.63, 3.8) is 0 Å². The van der Waals surface area contributed by atoms with Crippen molar-refractivity contribution in [1.82, 2.24) is 0 Å². The highest BCUT2D eigenvalue weighted by Gasteiger charge is 2.20. The Labute approximate surface area is 87.6 Å². The highest BCUT2D eigenvalue weighted by Crippen LogP contribution is 2.34. The van der Waals surface area contributed by atoms with Crippen molar-refractivity contribution in [1.29, 1.82) is 0 Å². The number of hydrogen-bond donors (Lipinski definition) is 1. The first-order valence-electron chi connectivity index (χ1n) is 4.47. The van der Waals surface area contributed by atoms with Gasteiger partial charge in [0.1, 0.15) is 5.75 Å². The Kier molecular flexibility index (Phi) is 2.84. The van der Waals surface area contributed by atoms with E-state index in [0.29, 0.717) is 5.25 Å². The van der Waals surface area contributed by atoms with Crippen LogP contribution >= 0.6 is 11.8 Å². The lowest BCUT2D eigenvalue weighted by Crippen LogP contribution is -2.30. The van der Waals surface area contributed by atoms with Gasteiger partial charge in [-0.05, 0) is 18.2 Å². The fourth-order valence-corrected chi connectivity index (χ4v) is 2.28. The standard InChI is InChI=1S/C10H13NO2S/c1-12-7-2-3-9(11)10(4-7)14-8-5-13-6-8/h2-4,8H,5-6,11H2,1H3. The van der Waals surface area contributed by atoms with E-state index in [1.807, 2.05) is 18.2 Å². The molecule has 0 aromatic heterocycles. The van der Waals surface area contributed by atoms with E-state index in [4.69, 9.17) is 15.2 Å². The zero-order valence-corrected chi connectivity index (χ0v) is 8.84. The zero-order chi connectivity index (χ0) is 9.97. The van der Waals surface area contributed by atoms with Crippen molar-refractivity contribution in [2.75, 3.05) is 26.1 Å². The first-order valence-corrected chi connectivity index (χ1v) is 5.35. The van der Waals surface area contributed by atoms with E-state index < -0.39 is 0 Å². The molecule has 1 heterocycles. The topological polar surface area (TPSA) is 44.5 Å². The molecule has 0 amide bonds. The van der Waals surface area contributed by atoms with Crippen LogP contribution in [0.3, 0.4) is 0 Å². The molecule has 0 saturated carbocycles. The molecule has 0 aliphatic carbocycles. The number of nitrogens with two attached hydrogens (primary N) is 1. The lowest BCUT2D eigenvalue weighted by molar-refractivity contribution is 0.0455. The highest BCUT2D eigenvalue weighted by molar-refractivity contribution is 8.00. The smallest absolute Gasteiger partial charge is 0.120 e. The summed E-state index contributed by atoms with van der Waals surface area (Å²) in [5.41, 5.74) is 6.66. The SMILES string of the molecule is COc1ccc(N)c(SC2COC2)c1. The molecule has 0 spiro atoms. The van der Waals surface area contributed by atoms with Gasteiger partial charge < -0.3 is 15.2 Å². The van der Waals surface area contributed by atoms with Gasteiger partial charge in [-0.2, -0.15) is 0 Å². The first kappa shape index (κ1) is 9.68. The normalized spacial score (nSPS) is 16.4. The maximum absolute atomic E-state index is 5.85. The van der Waals surface area contributed by atoms with Gasteiger partial charge in [0.05, 0.1) is 25.6 Å². The molecule has 2 N–H and O–H groups in total. The van der Waals surface area contributed by atoms with Crippen molar-refractivity contribution in [2.45, 2.75) is 10.1 Å². The van der Waals surface area contributed by atoms with Crippen LogP contribution in [0, 0.1) is 0 Å². The van der Waals surface area contributed by atoms with Gasteiger partial charge in [0.25, 0.3) is 0 Å². The fourth-order valence-electron chi connectivity index (χ4n) is 1.21. The van der Waals surface area contributed by atoms with Gasteiger partial charge >= 0.3 is 0 Å². The Bertz CT molecular complexity index is 326. The van der Waals surface area contributed by atoms with Crippen molar-refractivity contribution in [3.05, 3.63) is 18.2 Å². The maximum atomic E-state index is 5.85. The zero-order valence-electron chi connectivity index (χ0n) is 8.03. The number of benzene rings is 1. The van der Waals surface area contributed by atoms with Gasteiger partial charge in [0, 0.05) is 10.6 Å². The summed E-state index contributed by atoms with van der Waals surface area (Å²) >= 11 is 1.76. The Morgan fingerprint density at radius 2 is 2.29 bits per heavy atom. The van der Waals surface area contributed by atoms with Gasteiger partial charge in [-0.1, -0.05) is 0 Å². The number of thioether (sulfide) groups is 1. The van der Waals surface area contributed by atoms with E-state index in [2.05, 4.69) is 0 Å². The van der Waals surface area contributed by atoms with Crippen molar-refractivity contribution < 1.29 is 9.47 Å². The number of ether oxygens (including phenoxy) is 2. The molecule has 1 aromatic carbocycles. The molecular formula is C10H13NO2S. The molecule has 14 heavy (non-hydrogen) atoms. The van der Waals surface area contributed by atoms with E-state index in [1.54, 1.807) is 18.9 Å². The summed E-state index contributed by atoms with van der Waals surface area (Å²) in [6.07, 6.45) is 0. The molecule has 1 aromatic rings. The van der Waals surface area contributed by atoms with Crippen molar-refractivity contribution >= 4 is 17.4 Å². The fraction of sp³-hybridized carbons (Fsp3) is 0.400. The van der Waals surface area contributed by atoms with Gasteiger partial charge in [0.2, 0.25) is 0 Å². The van der Waals surface area contributed by atoms with Crippen LogP contribution in [-0.4, -0.2) is 25.6 Å². The summed E-state index contributed by atoms with van der Waals surface area (Å²) in [5, 5.41) is 0.546. The van der Waals surface area contributed by atoms with Gasteiger partial charge in [-0.15, -0.1) is 11.8 Å². The third-order valence-electron chi connectivity index (χ3n) is 2.12. The van der Waals surface area contributed by atoms with Crippen LogP contribution in [0.25, 0.3) is 0 Å². The number of methoxy groups -OCH3 is 1. The largest absolute Gasteiger partial charge is 0.497 e. The molecule has 0 bridgehead atoms. The summed E-state index contributed by atoms with van der Waals surface area (Å²) in [6, 6.07) is 5.72. The van der Waals surface area contributed by atoms with E-state index in [-0.39, 0.29) is 0 Å². The minimum Gasteiger partial charge on any atom is -0.497 e. The summed E-state index contributed by atoms with van der Waals surface area (Å²) in [6.45, 7) is 1.64. The lowest BCUT2D eigenvalue weighted by atomic mass is 10.3. The molecule has 4 heteroatoms. The third kappa shape index (κ3) is 1.96. The molecule has 0 unspecified atom stereocenters. The van der Waals surface area contributed by atoms with Crippen LogP contribution in [0.5, 0.6) is 5.75 Å². The molecule has 1 saturated heterocycles. The predicted octanol–water partition coefficient (Wildman–Crippen LogP) is 1.77. The second-order valence-electron chi connectivity index (χ2n) is 3.18. The van der Waals surface area contributed by atoms with Gasteiger partial charge in [-0.3, -0.25) is 0 Å². The minimum absolute atomic E-state index is 0.546. The van der Waals surface area contributed by atoms with E-state index in [9.17, 15) is 0 Å². The van der Waals surface area contributed by atoms with Crippen molar-refractivity contribution in [3.8, 4) is 5.75 Å². The molecule has 2 rings (SSSR count). The summed E-state index contributed by atoms with van der Waals surface area (Å²) in [5.74, 6) is 0.849. The Balaban J connectivity index is 2.13. The van der Waals surface area contributed by atoms with Gasteiger partial charge in [-0.25, -0.2) is 0 Å².